The molecule has 0 fully saturated rings. The van der Waals surface area contributed by atoms with Crippen LogP contribution >= 0.6 is 0 Å². The summed E-state index contributed by atoms with van der Waals surface area (Å²) in [5.74, 6) is -2.25. The highest BCUT2D eigenvalue weighted by Crippen LogP contribution is 2.30. The molecule has 1 heterocycles. The number of hydrogen-bond acceptors (Lipinski definition) is 2. The van der Waals surface area contributed by atoms with Crippen molar-refractivity contribution in [1.29, 1.82) is 0 Å². The second-order valence-electron chi connectivity index (χ2n) is 6.19. The topological polar surface area (TPSA) is 24.9 Å². The van der Waals surface area contributed by atoms with Crippen molar-refractivity contribution in [3.05, 3.63) is 71.3 Å². The molecule has 1 aromatic heterocycles. The van der Waals surface area contributed by atoms with Crippen molar-refractivity contribution >= 4 is 28.5 Å². The van der Waals surface area contributed by atoms with Crippen molar-refractivity contribution in [2.24, 2.45) is 0 Å². The van der Waals surface area contributed by atoms with Crippen molar-refractivity contribution in [1.82, 2.24) is 4.98 Å². The van der Waals surface area contributed by atoms with Gasteiger partial charge in [0.05, 0.1) is 5.52 Å². The Morgan fingerprint density at radius 1 is 1.04 bits per heavy atom. The van der Waals surface area contributed by atoms with E-state index in [1.165, 1.54) is 12.1 Å². The van der Waals surface area contributed by atoms with Gasteiger partial charge < -0.3 is 5.32 Å². The Balaban J connectivity index is 1.92. The number of aryl methyl sites for hydroxylation is 1. The summed E-state index contributed by atoms with van der Waals surface area (Å²) in [6.07, 6.45) is 4.06. The van der Waals surface area contributed by atoms with Crippen molar-refractivity contribution < 1.29 is 8.78 Å². The lowest BCUT2D eigenvalue weighted by molar-refractivity contribution is 0.0176. The summed E-state index contributed by atoms with van der Waals surface area (Å²) >= 11 is 0. The predicted octanol–water partition coefficient (Wildman–Crippen LogP) is 6.43. The number of anilines is 2. The van der Waals surface area contributed by atoms with Crippen LogP contribution in [0.25, 0.3) is 17.0 Å². The first kappa shape index (κ1) is 17.1. The number of nitrogens with zero attached hydrogens (tertiary/aromatic N) is 1. The molecule has 0 radical (unpaired) electrons. The molecule has 0 aliphatic heterocycles. The van der Waals surface area contributed by atoms with E-state index in [0.717, 1.165) is 29.1 Å². The van der Waals surface area contributed by atoms with Crippen LogP contribution in [0.1, 0.15) is 30.5 Å². The maximum absolute atomic E-state index is 13.5. The molecule has 0 saturated heterocycles. The molecule has 3 aromatic rings. The highest BCUT2D eigenvalue weighted by Gasteiger charge is 2.24. The molecular formula is C21H20F2N2. The fraction of sp³-hybridized carbons (Fsp3) is 0.190. The molecule has 2 nitrogen and oxygen atoms in total. The maximum atomic E-state index is 13.5. The average molecular weight is 338 g/mol. The van der Waals surface area contributed by atoms with Crippen LogP contribution in [0.5, 0.6) is 0 Å². The Bertz CT molecular complexity index is 940. The van der Waals surface area contributed by atoms with Crippen LogP contribution in [-0.2, 0) is 5.92 Å². The van der Waals surface area contributed by atoms with Gasteiger partial charge in [0.25, 0.3) is 5.92 Å². The second kappa shape index (κ2) is 6.63. The summed E-state index contributed by atoms with van der Waals surface area (Å²) < 4.78 is 27.1. The van der Waals surface area contributed by atoms with E-state index in [2.05, 4.69) is 16.4 Å². The van der Waals surface area contributed by atoms with Gasteiger partial charge in [0.1, 0.15) is 5.82 Å². The molecule has 0 bridgehead atoms. The Morgan fingerprint density at radius 2 is 1.80 bits per heavy atom. The molecule has 0 atom stereocenters. The number of alkyl halides is 2. The number of benzene rings is 2. The van der Waals surface area contributed by atoms with Gasteiger partial charge in [-0.2, -0.15) is 0 Å². The van der Waals surface area contributed by atoms with Crippen molar-refractivity contribution in [2.45, 2.75) is 26.7 Å². The summed E-state index contributed by atoms with van der Waals surface area (Å²) in [6, 6.07) is 14.3. The summed E-state index contributed by atoms with van der Waals surface area (Å²) in [6.45, 7) is 4.92. The minimum absolute atomic E-state index is 0.0313. The molecule has 2 aromatic carbocycles. The summed E-state index contributed by atoms with van der Waals surface area (Å²) in [4.78, 5) is 4.47. The van der Waals surface area contributed by atoms with E-state index in [-0.39, 0.29) is 5.56 Å². The van der Waals surface area contributed by atoms with Gasteiger partial charge in [-0.15, -0.1) is 0 Å². The number of hydrogen-bond donors (Lipinski definition) is 1. The predicted molar refractivity (Wildman–Crippen MR) is 100 cm³/mol. The second-order valence-corrected chi connectivity index (χ2v) is 6.19. The van der Waals surface area contributed by atoms with E-state index in [9.17, 15) is 8.78 Å². The third-order valence-corrected chi connectivity index (χ3v) is 4.09. The molecule has 1 N–H and O–H groups in total. The normalized spacial score (nSPS) is 12.0. The van der Waals surface area contributed by atoms with Gasteiger partial charge in [-0.05, 0) is 55.3 Å². The van der Waals surface area contributed by atoms with Crippen LogP contribution in [0.15, 0.2) is 54.6 Å². The standard InChI is InChI=1S/C21H20F2N2/c1-4-5-15-7-10-18(12-14(15)2)24-20-11-8-16-6-9-17(21(3,22)23)13-19(16)25-20/h4-13H,1-3H3,(H,24,25)/b5-4-. The van der Waals surface area contributed by atoms with E-state index in [1.54, 1.807) is 6.07 Å². The minimum atomic E-state index is -2.88. The van der Waals surface area contributed by atoms with E-state index in [1.807, 2.05) is 50.3 Å². The summed E-state index contributed by atoms with van der Waals surface area (Å²) in [7, 11) is 0. The molecule has 128 valence electrons. The molecule has 4 heteroatoms. The fourth-order valence-electron chi connectivity index (χ4n) is 2.73. The van der Waals surface area contributed by atoms with Gasteiger partial charge in [0, 0.05) is 23.6 Å². The first-order chi connectivity index (χ1) is 11.9. The monoisotopic (exact) mass is 338 g/mol. The zero-order chi connectivity index (χ0) is 18.0. The van der Waals surface area contributed by atoms with E-state index in [4.69, 9.17) is 0 Å². The lowest BCUT2D eigenvalue weighted by atomic mass is 10.1. The Hall–Kier alpha value is -2.75. The van der Waals surface area contributed by atoms with Gasteiger partial charge in [-0.1, -0.05) is 30.4 Å². The number of nitrogens with one attached hydrogen (secondary N) is 1. The Kier molecular flexibility index (Phi) is 4.53. The molecule has 0 spiro atoms. The zero-order valence-electron chi connectivity index (χ0n) is 14.5. The highest BCUT2D eigenvalue weighted by molar-refractivity contribution is 5.81. The summed E-state index contributed by atoms with van der Waals surface area (Å²) in [5.41, 5.74) is 3.74. The van der Waals surface area contributed by atoms with Crippen LogP contribution in [0.2, 0.25) is 0 Å². The van der Waals surface area contributed by atoms with Crippen LogP contribution in [0.3, 0.4) is 0 Å². The molecule has 25 heavy (non-hydrogen) atoms. The van der Waals surface area contributed by atoms with Gasteiger partial charge in [-0.3, -0.25) is 0 Å². The Morgan fingerprint density at radius 3 is 2.48 bits per heavy atom. The molecule has 0 amide bonds. The van der Waals surface area contributed by atoms with Gasteiger partial charge in [0.2, 0.25) is 0 Å². The van der Waals surface area contributed by atoms with Gasteiger partial charge in [-0.25, -0.2) is 13.8 Å². The van der Waals surface area contributed by atoms with Crippen molar-refractivity contribution in [3.63, 3.8) is 0 Å². The average Bonchev–Trinajstić information content (AvgIpc) is 2.56. The number of pyridine rings is 1. The smallest absolute Gasteiger partial charge is 0.270 e. The SMILES string of the molecule is C/C=C\c1ccc(Nc2ccc3ccc(C(C)(F)F)cc3n2)cc1C. The van der Waals surface area contributed by atoms with E-state index >= 15 is 0 Å². The van der Waals surface area contributed by atoms with Crippen LogP contribution < -0.4 is 5.32 Å². The fourth-order valence-corrected chi connectivity index (χ4v) is 2.73. The Labute approximate surface area is 146 Å². The number of aromatic nitrogens is 1. The zero-order valence-corrected chi connectivity index (χ0v) is 14.5. The quantitative estimate of drug-likeness (QED) is 0.593. The van der Waals surface area contributed by atoms with E-state index in [0.29, 0.717) is 11.3 Å². The number of allylic oxidation sites excluding steroid dienone is 1. The molecule has 0 saturated carbocycles. The number of fused-ring (bicyclic) bond motifs is 1. The van der Waals surface area contributed by atoms with Crippen LogP contribution in [0, 0.1) is 6.92 Å². The first-order valence-corrected chi connectivity index (χ1v) is 8.16. The van der Waals surface area contributed by atoms with Crippen LogP contribution in [-0.4, -0.2) is 4.98 Å². The van der Waals surface area contributed by atoms with Crippen LogP contribution in [0.4, 0.5) is 20.3 Å². The van der Waals surface area contributed by atoms with Gasteiger partial charge >= 0.3 is 0 Å². The molecular weight excluding hydrogens is 318 g/mol. The lowest BCUT2D eigenvalue weighted by Crippen LogP contribution is -2.06. The van der Waals surface area contributed by atoms with E-state index < -0.39 is 5.92 Å². The minimum Gasteiger partial charge on any atom is -0.340 e. The van der Waals surface area contributed by atoms with Crippen molar-refractivity contribution in [2.75, 3.05) is 5.32 Å². The van der Waals surface area contributed by atoms with Gasteiger partial charge in [0.15, 0.2) is 0 Å². The molecule has 3 rings (SSSR count). The lowest BCUT2D eigenvalue weighted by Gasteiger charge is -2.12. The highest BCUT2D eigenvalue weighted by atomic mass is 19.3. The molecule has 0 aliphatic rings. The third-order valence-electron chi connectivity index (χ3n) is 4.09. The maximum Gasteiger partial charge on any atom is 0.270 e. The molecule has 0 unspecified atom stereocenters. The largest absolute Gasteiger partial charge is 0.340 e. The first-order valence-electron chi connectivity index (χ1n) is 8.16. The van der Waals surface area contributed by atoms with Crippen molar-refractivity contribution in [3.8, 4) is 0 Å². The third kappa shape index (κ3) is 3.85. The summed E-state index contributed by atoms with van der Waals surface area (Å²) in [5, 5.41) is 4.07. The number of halogens is 2. The number of rotatable bonds is 4. The molecule has 0 aliphatic carbocycles.